The first kappa shape index (κ1) is 19.6. The SMILES string of the molecule is O=C(Nc1ccccc1Cl)c1ccnc(C(=O)NCCCc2ccccc2)c1. The number of carbonyl (C=O) groups is 2. The number of pyridine rings is 1. The third kappa shape index (κ3) is 5.41. The fourth-order valence-corrected chi connectivity index (χ4v) is 2.87. The Bertz CT molecular complexity index is 961. The lowest BCUT2D eigenvalue weighted by Gasteiger charge is -2.08. The molecule has 2 N–H and O–H groups in total. The average Bonchev–Trinajstić information content (AvgIpc) is 2.73. The minimum Gasteiger partial charge on any atom is -0.351 e. The molecule has 0 aliphatic heterocycles. The summed E-state index contributed by atoms with van der Waals surface area (Å²) in [6.45, 7) is 0.533. The molecule has 5 nitrogen and oxygen atoms in total. The van der Waals surface area contributed by atoms with E-state index in [1.165, 1.54) is 17.8 Å². The molecule has 0 aliphatic carbocycles. The standard InChI is InChI=1S/C22H20ClN3O2/c23-18-10-4-5-11-19(18)26-21(27)17-12-14-24-20(15-17)22(28)25-13-6-9-16-7-2-1-3-8-16/h1-5,7-8,10-12,14-15H,6,9,13H2,(H,25,28)(H,26,27). The molecule has 0 bridgehead atoms. The van der Waals surface area contributed by atoms with Crippen molar-refractivity contribution in [2.45, 2.75) is 12.8 Å². The molecule has 6 heteroatoms. The Morgan fingerprint density at radius 1 is 0.929 bits per heavy atom. The number of para-hydroxylation sites is 1. The van der Waals surface area contributed by atoms with Crippen LogP contribution in [0.15, 0.2) is 72.9 Å². The minimum atomic E-state index is -0.353. The second-order valence-corrected chi connectivity index (χ2v) is 6.62. The van der Waals surface area contributed by atoms with Crippen molar-refractivity contribution >= 4 is 29.1 Å². The monoisotopic (exact) mass is 393 g/mol. The van der Waals surface area contributed by atoms with Crippen molar-refractivity contribution in [3.05, 3.63) is 94.8 Å². The second kappa shape index (κ2) is 9.67. The Labute approximate surface area is 168 Å². The Morgan fingerprint density at radius 2 is 1.68 bits per heavy atom. The lowest BCUT2D eigenvalue weighted by atomic mass is 10.1. The number of halogens is 1. The number of hydrogen-bond acceptors (Lipinski definition) is 3. The molecule has 28 heavy (non-hydrogen) atoms. The van der Waals surface area contributed by atoms with Crippen molar-refractivity contribution in [1.82, 2.24) is 10.3 Å². The molecule has 0 fully saturated rings. The van der Waals surface area contributed by atoms with Gasteiger partial charge in [-0.3, -0.25) is 14.6 Å². The van der Waals surface area contributed by atoms with E-state index in [2.05, 4.69) is 27.8 Å². The highest BCUT2D eigenvalue weighted by Gasteiger charge is 2.12. The average molecular weight is 394 g/mol. The maximum Gasteiger partial charge on any atom is 0.269 e. The van der Waals surface area contributed by atoms with Crippen LogP contribution in [0.1, 0.15) is 32.8 Å². The van der Waals surface area contributed by atoms with Gasteiger partial charge < -0.3 is 10.6 Å². The molecule has 0 radical (unpaired) electrons. The molecular formula is C22H20ClN3O2. The van der Waals surface area contributed by atoms with E-state index in [0.29, 0.717) is 22.8 Å². The van der Waals surface area contributed by atoms with Gasteiger partial charge in [-0.15, -0.1) is 0 Å². The van der Waals surface area contributed by atoms with Crippen molar-refractivity contribution in [3.63, 3.8) is 0 Å². The van der Waals surface area contributed by atoms with Crippen LogP contribution in [0.4, 0.5) is 5.69 Å². The summed E-state index contributed by atoms with van der Waals surface area (Å²) in [5, 5.41) is 6.02. The zero-order chi connectivity index (χ0) is 19.8. The van der Waals surface area contributed by atoms with Crippen LogP contribution in [0.5, 0.6) is 0 Å². The van der Waals surface area contributed by atoms with Crippen molar-refractivity contribution in [1.29, 1.82) is 0 Å². The quantitative estimate of drug-likeness (QED) is 0.586. The van der Waals surface area contributed by atoms with Crippen molar-refractivity contribution < 1.29 is 9.59 Å². The first-order chi connectivity index (χ1) is 13.6. The second-order valence-electron chi connectivity index (χ2n) is 6.21. The van der Waals surface area contributed by atoms with Gasteiger partial charge in [0.1, 0.15) is 5.69 Å². The summed E-state index contributed by atoms with van der Waals surface area (Å²) in [7, 11) is 0. The molecule has 0 atom stereocenters. The third-order valence-electron chi connectivity index (χ3n) is 4.15. The van der Waals surface area contributed by atoms with Crippen molar-refractivity contribution in [3.8, 4) is 0 Å². The van der Waals surface area contributed by atoms with E-state index in [1.54, 1.807) is 30.3 Å². The largest absolute Gasteiger partial charge is 0.351 e. The van der Waals surface area contributed by atoms with Crippen LogP contribution >= 0.6 is 11.6 Å². The Kier molecular flexibility index (Phi) is 6.76. The predicted octanol–water partition coefficient (Wildman–Crippen LogP) is 4.35. The van der Waals surface area contributed by atoms with Gasteiger partial charge in [0.05, 0.1) is 10.7 Å². The van der Waals surface area contributed by atoms with Gasteiger partial charge in [-0.1, -0.05) is 54.1 Å². The van der Waals surface area contributed by atoms with E-state index in [0.717, 1.165) is 12.8 Å². The molecule has 2 amide bonds. The molecule has 1 aromatic heterocycles. The van der Waals surface area contributed by atoms with Gasteiger partial charge in [0.25, 0.3) is 11.8 Å². The normalized spacial score (nSPS) is 10.3. The molecule has 0 unspecified atom stereocenters. The zero-order valence-corrected chi connectivity index (χ0v) is 15.9. The zero-order valence-electron chi connectivity index (χ0n) is 15.2. The van der Waals surface area contributed by atoms with E-state index in [4.69, 9.17) is 11.6 Å². The fraction of sp³-hybridized carbons (Fsp3) is 0.136. The van der Waals surface area contributed by atoms with Crippen LogP contribution in [0.2, 0.25) is 5.02 Å². The van der Waals surface area contributed by atoms with E-state index >= 15 is 0 Å². The first-order valence-corrected chi connectivity index (χ1v) is 9.35. The van der Waals surface area contributed by atoms with Gasteiger partial charge in [-0.25, -0.2) is 0 Å². The first-order valence-electron chi connectivity index (χ1n) is 8.97. The number of anilines is 1. The van der Waals surface area contributed by atoms with Gasteiger partial charge in [0, 0.05) is 18.3 Å². The number of hydrogen-bond donors (Lipinski definition) is 2. The number of carbonyl (C=O) groups excluding carboxylic acids is 2. The van der Waals surface area contributed by atoms with Gasteiger partial charge in [0.15, 0.2) is 0 Å². The smallest absolute Gasteiger partial charge is 0.269 e. The fourth-order valence-electron chi connectivity index (χ4n) is 2.68. The number of benzene rings is 2. The maximum atomic E-state index is 12.4. The molecular weight excluding hydrogens is 374 g/mol. The summed E-state index contributed by atoms with van der Waals surface area (Å²) in [5.74, 6) is -0.658. The molecule has 0 aliphatic rings. The topological polar surface area (TPSA) is 71.1 Å². The van der Waals surface area contributed by atoms with Gasteiger partial charge in [-0.05, 0) is 42.7 Å². The number of nitrogens with zero attached hydrogens (tertiary/aromatic N) is 1. The van der Waals surface area contributed by atoms with Crippen LogP contribution in [0.25, 0.3) is 0 Å². The number of amides is 2. The Balaban J connectivity index is 1.55. The summed E-state index contributed by atoms with van der Waals surface area (Å²) in [5.41, 5.74) is 2.28. The molecule has 0 saturated carbocycles. The van der Waals surface area contributed by atoms with Crippen LogP contribution in [-0.4, -0.2) is 23.3 Å². The lowest BCUT2D eigenvalue weighted by molar-refractivity contribution is 0.0948. The molecule has 3 aromatic rings. The molecule has 0 spiro atoms. The molecule has 142 valence electrons. The molecule has 2 aromatic carbocycles. The summed E-state index contributed by atoms with van der Waals surface area (Å²) in [6.07, 6.45) is 3.15. The van der Waals surface area contributed by atoms with E-state index in [1.807, 2.05) is 18.2 Å². The summed E-state index contributed by atoms with van der Waals surface area (Å²) in [4.78, 5) is 28.8. The van der Waals surface area contributed by atoms with Gasteiger partial charge in [0.2, 0.25) is 0 Å². The summed E-state index contributed by atoms with van der Waals surface area (Å²) < 4.78 is 0. The van der Waals surface area contributed by atoms with Crippen LogP contribution in [0, 0.1) is 0 Å². The maximum absolute atomic E-state index is 12.4. The number of nitrogens with one attached hydrogen (secondary N) is 2. The summed E-state index contributed by atoms with van der Waals surface area (Å²) in [6, 6.07) is 20.1. The predicted molar refractivity (Wildman–Crippen MR) is 111 cm³/mol. The van der Waals surface area contributed by atoms with E-state index in [-0.39, 0.29) is 17.5 Å². The number of aromatic nitrogens is 1. The van der Waals surface area contributed by atoms with Crippen molar-refractivity contribution in [2.24, 2.45) is 0 Å². The summed E-state index contributed by atoms with van der Waals surface area (Å²) >= 11 is 6.06. The van der Waals surface area contributed by atoms with Crippen LogP contribution in [0.3, 0.4) is 0 Å². The minimum absolute atomic E-state index is 0.200. The highest BCUT2D eigenvalue weighted by molar-refractivity contribution is 6.33. The van der Waals surface area contributed by atoms with Crippen LogP contribution in [-0.2, 0) is 6.42 Å². The number of aryl methyl sites for hydroxylation is 1. The molecule has 0 saturated heterocycles. The van der Waals surface area contributed by atoms with E-state index in [9.17, 15) is 9.59 Å². The Hall–Kier alpha value is -3.18. The molecule has 1 heterocycles. The lowest BCUT2D eigenvalue weighted by Crippen LogP contribution is -2.26. The molecule has 3 rings (SSSR count). The highest BCUT2D eigenvalue weighted by atomic mass is 35.5. The number of rotatable bonds is 7. The highest BCUT2D eigenvalue weighted by Crippen LogP contribution is 2.21. The van der Waals surface area contributed by atoms with Crippen LogP contribution < -0.4 is 10.6 Å². The van der Waals surface area contributed by atoms with Gasteiger partial charge in [-0.2, -0.15) is 0 Å². The Morgan fingerprint density at radius 3 is 2.46 bits per heavy atom. The van der Waals surface area contributed by atoms with Gasteiger partial charge >= 0.3 is 0 Å². The third-order valence-corrected chi connectivity index (χ3v) is 4.48. The van der Waals surface area contributed by atoms with E-state index < -0.39 is 0 Å². The van der Waals surface area contributed by atoms with Crippen molar-refractivity contribution in [2.75, 3.05) is 11.9 Å².